The standard InChI is InChI=1S/C70H124O6/c1-4-7-10-13-16-18-20-22-24-26-27-28-29-30-31-32-33-34-35-36-37-38-39-40-41-42-43-44-46-47-49-51-54-57-60-63-69(72)75-66-67(65-74-68(71)62-59-56-53-15-12-9-6-3)76-70(73)64-61-58-55-52-50-48-45-25-23-21-19-17-14-11-8-5-2/h7,10,16,18,22,24,27-28,30-31,33-34,67H,4-6,8-9,11-15,17,19-21,23,25-26,29,32,35-66H2,1-3H3/b10-7-,18-16-,24-22-,28-27-,31-30-,34-33-. The Morgan fingerprint density at radius 1 is 0.276 bits per heavy atom. The van der Waals surface area contributed by atoms with E-state index in [1.807, 2.05) is 0 Å². The van der Waals surface area contributed by atoms with Crippen LogP contribution in [0.25, 0.3) is 0 Å². The van der Waals surface area contributed by atoms with Gasteiger partial charge in [-0.05, 0) is 70.6 Å². The lowest BCUT2D eigenvalue weighted by Crippen LogP contribution is -2.30. The zero-order chi connectivity index (χ0) is 55.0. The molecular formula is C70H124O6. The average Bonchev–Trinajstić information content (AvgIpc) is 3.42. The summed E-state index contributed by atoms with van der Waals surface area (Å²) >= 11 is 0. The summed E-state index contributed by atoms with van der Waals surface area (Å²) in [4.78, 5) is 38.0. The quantitative estimate of drug-likeness (QED) is 0.0261. The van der Waals surface area contributed by atoms with Crippen molar-refractivity contribution < 1.29 is 28.6 Å². The van der Waals surface area contributed by atoms with Crippen LogP contribution in [-0.2, 0) is 28.6 Å². The van der Waals surface area contributed by atoms with Crippen LogP contribution in [0.5, 0.6) is 0 Å². The molecule has 0 aromatic heterocycles. The van der Waals surface area contributed by atoms with Crippen LogP contribution in [0.3, 0.4) is 0 Å². The van der Waals surface area contributed by atoms with E-state index in [2.05, 4.69) is 93.7 Å². The van der Waals surface area contributed by atoms with Crippen molar-refractivity contribution in [3.8, 4) is 0 Å². The van der Waals surface area contributed by atoms with Gasteiger partial charge in [0.1, 0.15) is 13.2 Å². The number of carbonyl (C=O) groups excluding carboxylic acids is 3. The lowest BCUT2D eigenvalue weighted by Gasteiger charge is -2.18. The summed E-state index contributed by atoms with van der Waals surface area (Å²) in [7, 11) is 0. The molecule has 1 atom stereocenters. The van der Waals surface area contributed by atoms with Crippen molar-refractivity contribution in [2.45, 2.75) is 341 Å². The summed E-state index contributed by atoms with van der Waals surface area (Å²) < 4.78 is 16.8. The molecule has 0 aliphatic heterocycles. The lowest BCUT2D eigenvalue weighted by atomic mass is 10.0. The van der Waals surface area contributed by atoms with Crippen molar-refractivity contribution in [3.63, 3.8) is 0 Å². The molecule has 0 N–H and O–H groups in total. The SMILES string of the molecule is CC/C=C\C/C=C\C/C=C\C/C=C\C/C=C\C/C=C\CCCCCCCCCCCCCCCCCCC(=O)OCC(COC(=O)CCCCCCCCC)OC(=O)CCCCCCCCCCCCCCCCCC. The number of ether oxygens (including phenoxy) is 3. The fourth-order valence-corrected chi connectivity index (χ4v) is 9.57. The molecule has 6 nitrogen and oxygen atoms in total. The number of hydrogen-bond donors (Lipinski definition) is 0. The second kappa shape index (κ2) is 64.4. The average molecular weight is 1060 g/mol. The van der Waals surface area contributed by atoms with Gasteiger partial charge in [0, 0.05) is 19.3 Å². The highest BCUT2D eigenvalue weighted by Crippen LogP contribution is 2.17. The van der Waals surface area contributed by atoms with E-state index in [0.717, 1.165) is 96.3 Å². The van der Waals surface area contributed by atoms with Crippen LogP contribution in [0.15, 0.2) is 72.9 Å². The molecule has 6 heteroatoms. The van der Waals surface area contributed by atoms with Crippen molar-refractivity contribution in [3.05, 3.63) is 72.9 Å². The van der Waals surface area contributed by atoms with Gasteiger partial charge < -0.3 is 14.2 Å². The minimum Gasteiger partial charge on any atom is -0.462 e. The van der Waals surface area contributed by atoms with Crippen LogP contribution in [0.1, 0.15) is 335 Å². The molecule has 0 rings (SSSR count). The summed E-state index contributed by atoms with van der Waals surface area (Å²) in [6, 6.07) is 0. The third-order valence-electron chi connectivity index (χ3n) is 14.5. The van der Waals surface area contributed by atoms with Crippen molar-refractivity contribution >= 4 is 17.9 Å². The monoisotopic (exact) mass is 1060 g/mol. The van der Waals surface area contributed by atoms with E-state index in [4.69, 9.17) is 14.2 Å². The molecular weight excluding hydrogens is 937 g/mol. The zero-order valence-electron chi connectivity index (χ0n) is 50.5. The van der Waals surface area contributed by atoms with E-state index in [1.165, 1.54) is 199 Å². The highest BCUT2D eigenvalue weighted by molar-refractivity contribution is 5.71. The Kier molecular flexibility index (Phi) is 61.7. The first kappa shape index (κ1) is 72.8. The van der Waals surface area contributed by atoms with Gasteiger partial charge in [0.2, 0.25) is 0 Å². The van der Waals surface area contributed by atoms with Gasteiger partial charge in [-0.15, -0.1) is 0 Å². The van der Waals surface area contributed by atoms with E-state index in [0.29, 0.717) is 19.3 Å². The topological polar surface area (TPSA) is 78.9 Å². The molecule has 0 saturated heterocycles. The number of rotatable bonds is 60. The van der Waals surface area contributed by atoms with Crippen molar-refractivity contribution in [1.82, 2.24) is 0 Å². The summed E-state index contributed by atoms with van der Waals surface area (Å²) in [5.41, 5.74) is 0. The molecule has 1 unspecified atom stereocenters. The number of unbranched alkanes of at least 4 members (excludes halogenated alkanes) is 37. The Labute approximate surface area is 472 Å². The van der Waals surface area contributed by atoms with Gasteiger partial charge in [0.15, 0.2) is 6.10 Å². The van der Waals surface area contributed by atoms with Gasteiger partial charge in [0.05, 0.1) is 0 Å². The molecule has 440 valence electrons. The Morgan fingerprint density at radius 3 is 0.803 bits per heavy atom. The second-order valence-corrected chi connectivity index (χ2v) is 22.0. The van der Waals surface area contributed by atoms with Crippen LogP contribution in [0, 0.1) is 0 Å². The van der Waals surface area contributed by atoms with Crippen molar-refractivity contribution in [1.29, 1.82) is 0 Å². The second-order valence-electron chi connectivity index (χ2n) is 22.0. The number of allylic oxidation sites excluding steroid dienone is 12. The molecule has 0 aliphatic rings. The highest BCUT2D eigenvalue weighted by atomic mass is 16.6. The van der Waals surface area contributed by atoms with Crippen LogP contribution >= 0.6 is 0 Å². The van der Waals surface area contributed by atoms with Crippen LogP contribution in [0.2, 0.25) is 0 Å². The molecule has 0 aromatic carbocycles. The van der Waals surface area contributed by atoms with Gasteiger partial charge in [0.25, 0.3) is 0 Å². The third kappa shape index (κ3) is 61.7. The van der Waals surface area contributed by atoms with Crippen LogP contribution < -0.4 is 0 Å². The Morgan fingerprint density at radius 2 is 0.513 bits per heavy atom. The van der Waals surface area contributed by atoms with E-state index in [1.54, 1.807) is 0 Å². The Balaban J connectivity index is 3.99. The minimum atomic E-state index is -0.768. The summed E-state index contributed by atoms with van der Waals surface area (Å²) in [5.74, 6) is -0.857. The first-order valence-corrected chi connectivity index (χ1v) is 32.9. The Hall–Kier alpha value is -3.15. The molecule has 76 heavy (non-hydrogen) atoms. The maximum atomic E-state index is 12.8. The molecule has 0 aliphatic carbocycles. The smallest absolute Gasteiger partial charge is 0.306 e. The van der Waals surface area contributed by atoms with Crippen LogP contribution in [0.4, 0.5) is 0 Å². The maximum Gasteiger partial charge on any atom is 0.306 e. The van der Waals surface area contributed by atoms with Crippen molar-refractivity contribution in [2.75, 3.05) is 13.2 Å². The van der Waals surface area contributed by atoms with Gasteiger partial charge >= 0.3 is 17.9 Å². The minimum absolute atomic E-state index is 0.0688. The molecule has 0 aromatic rings. The molecule has 0 radical (unpaired) electrons. The zero-order valence-corrected chi connectivity index (χ0v) is 50.5. The number of esters is 3. The van der Waals surface area contributed by atoms with Gasteiger partial charge in [-0.3, -0.25) is 14.4 Å². The summed E-state index contributed by atoms with van der Waals surface area (Å²) in [6.45, 7) is 6.52. The third-order valence-corrected chi connectivity index (χ3v) is 14.5. The van der Waals surface area contributed by atoms with E-state index >= 15 is 0 Å². The molecule has 0 bridgehead atoms. The van der Waals surface area contributed by atoms with E-state index in [-0.39, 0.29) is 31.1 Å². The molecule has 0 heterocycles. The predicted molar refractivity (Wildman–Crippen MR) is 330 cm³/mol. The Bertz CT molecular complexity index is 1400. The maximum absolute atomic E-state index is 12.8. The normalized spacial score (nSPS) is 12.5. The van der Waals surface area contributed by atoms with E-state index < -0.39 is 6.10 Å². The lowest BCUT2D eigenvalue weighted by molar-refractivity contribution is -0.167. The van der Waals surface area contributed by atoms with Gasteiger partial charge in [-0.1, -0.05) is 318 Å². The largest absolute Gasteiger partial charge is 0.462 e. The van der Waals surface area contributed by atoms with E-state index in [9.17, 15) is 14.4 Å². The van der Waals surface area contributed by atoms with Gasteiger partial charge in [-0.2, -0.15) is 0 Å². The number of carbonyl (C=O) groups is 3. The first-order chi connectivity index (χ1) is 37.5. The molecule has 0 fully saturated rings. The predicted octanol–water partition coefficient (Wildman–Crippen LogP) is 22.5. The molecule has 0 amide bonds. The number of hydrogen-bond acceptors (Lipinski definition) is 6. The summed E-state index contributed by atoms with van der Waals surface area (Å²) in [5, 5.41) is 0. The van der Waals surface area contributed by atoms with Crippen LogP contribution in [-0.4, -0.2) is 37.2 Å². The fraction of sp³-hybridized carbons (Fsp3) is 0.786. The summed E-state index contributed by atoms with van der Waals surface area (Å²) in [6.07, 6.45) is 83.8. The van der Waals surface area contributed by atoms with Gasteiger partial charge in [-0.25, -0.2) is 0 Å². The molecule has 0 spiro atoms. The first-order valence-electron chi connectivity index (χ1n) is 32.9. The fourth-order valence-electron chi connectivity index (χ4n) is 9.57. The highest BCUT2D eigenvalue weighted by Gasteiger charge is 2.19. The van der Waals surface area contributed by atoms with Crippen molar-refractivity contribution in [2.24, 2.45) is 0 Å². The molecule has 0 saturated carbocycles.